The summed E-state index contributed by atoms with van der Waals surface area (Å²) in [5.41, 5.74) is 1.21. The Bertz CT molecular complexity index is 248. The number of aliphatic hydroxyl groups is 1. The number of halogens is 3. The molecule has 0 amide bonds. The van der Waals surface area contributed by atoms with Gasteiger partial charge in [-0.3, -0.25) is 0 Å². The van der Waals surface area contributed by atoms with E-state index in [-0.39, 0.29) is 6.54 Å². The summed E-state index contributed by atoms with van der Waals surface area (Å²) in [7, 11) is 0. The van der Waals surface area contributed by atoms with Crippen LogP contribution in [0.4, 0.5) is 13.2 Å². The van der Waals surface area contributed by atoms with E-state index in [4.69, 9.17) is 10.5 Å². The van der Waals surface area contributed by atoms with Gasteiger partial charge >= 0.3 is 6.18 Å². The molecule has 0 aromatic carbocycles. The third-order valence-corrected chi connectivity index (χ3v) is 1.88. The number of hydrogen-bond acceptors (Lipinski definition) is 3. The first-order valence-electron chi connectivity index (χ1n) is 4.43. The molecule has 1 unspecified atom stereocenters. The number of allylic oxidation sites excluding steroid dienone is 2. The summed E-state index contributed by atoms with van der Waals surface area (Å²) >= 11 is 0. The fourth-order valence-corrected chi connectivity index (χ4v) is 0.858. The zero-order valence-corrected chi connectivity index (χ0v) is 8.65. The van der Waals surface area contributed by atoms with Crippen LogP contribution in [0.1, 0.15) is 20.3 Å². The largest absolute Gasteiger partial charge is 0.391 e. The Hall–Kier alpha value is -1.04. The SMILES string of the molecule is C/C(C=N)=C(\C)NCC(O)CC(F)(F)F. The summed E-state index contributed by atoms with van der Waals surface area (Å²) in [5, 5.41) is 18.6. The fraction of sp³-hybridized carbons (Fsp3) is 0.667. The number of hydrogen-bond donors (Lipinski definition) is 3. The predicted octanol–water partition coefficient (Wildman–Crippen LogP) is 1.83. The van der Waals surface area contributed by atoms with Gasteiger partial charge in [-0.2, -0.15) is 13.2 Å². The first kappa shape index (κ1) is 14.0. The van der Waals surface area contributed by atoms with Crippen LogP contribution in [-0.2, 0) is 0 Å². The van der Waals surface area contributed by atoms with Crippen molar-refractivity contribution in [2.45, 2.75) is 32.5 Å². The highest BCUT2D eigenvalue weighted by atomic mass is 19.4. The van der Waals surface area contributed by atoms with Gasteiger partial charge < -0.3 is 15.8 Å². The van der Waals surface area contributed by atoms with Crippen molar-refractivity contribution in [1.29, 1.82) is 5.41 Å². The zero-order valence-electron chi connectivity index (χ0n) is 8.65. The van der Waals surface area contributed by atoms with E-state index in [1.165, 1.54) is 0 Å². The van der Waals surface area contributed by atoms with E-state index in [9.17, 15) is 13.2 Å². The normalized spacial score (nSPS) is 15.6. The van der Waals surface area contributed by atoms with Gasteiger partial charge in [0.05, 0.1) is 12.5 Å². The third kappa shape index (κ3) is 6.96. The van der Waals surface area contributed by atoms with E-state index in [2.05, 4.69) is 5.32 Å². The van der Waals surface area contributed by atoms with Crippen molar-refractivity contribution in [2.75, 3.05) is 6.54 Å². The molecule has 0 rings (SSSR count). The van der Waals surface area contributed by atoms with E-state index < -0.39 is 18.7 Å². The topological polar surface area (TPSA) is 56.1 Å². The molecule has 1 atom stereocenters. The van der Waals surface area contributed by atoms with Crippen LogP contribution in [0.25, 0.3) is 0 Å². The lowest BCUT2D eigenvalue weighted by Gasteiger charge is -2.15. The van der Waals surface area contributed by atoms with Crippen LogP contribution < -0.4 is 5.32 Å². The van der Waals surface area contributed by atoms with Gasteiger partial charge in [-0.15, -0.1) is 0 Å². The fourth-order valence-electron chi connectivity index (χ4n) is 0.858. The van der Waals surface area contributed by atoms with Crippen LogP contribution >= 0.6 is 0 Å². The number of nitrogens with one attached hydrogen (secondary N) is 2. The van der Waals surface area contributed by atoms with Crippen molar-refractivity contribution in [3.05, 3.63) is 11.3 Å². The molecule has 0 aliphatic rings. The van der Waals surface area contributed by atoms with Crippen molar-refractivity contribution in [3.8, 4) is 0 Å². The molecule has 15 heavy (non-hydrogen) atoms. The van der Waals surface area contributed by atoms with Gasteiger partial charge in [0.25, 0.3) is 0 Å². The summed E-state index contributed by atoms with van der Waals surface area (Å²) in [6.07, 6.45) is -5.94. The number of rotatable bonds is 5. The lowest BCUT2D eigenvalue weighted by atomic mass is 10.2. The van der Waals surface area contributed by atoms with Crippen LogP contribution in [0.3, 0.4) is 0 Å². The van der Waals surface area contributed by atoms with Crippen molar-refractivity contribution in [3.63, 3.8) is 0 Å². The minimum Gasteiger partial charge on any atom is -0.391 e. The highest BCUT2D eigenvalue weighted by Crippen LogP contribution is 2.21. The molecule has 0 aliphatic carbocycles. The zero-order chi connectivity index (χ0) is 12.1. The minimum absolute atomic E-state index is 0.170. The Morgan fingerprint density at radius 3 is 2.40 bits per heavy atom. The van der Waals surface area contributed by atoms with Crippen molar-refractivity contribution < 1.29 is 18.3 Å². The molecule has 0 fully saturated rings. The van der Waals surface area contributed by atoms with E-state index in [1.807, 2.05) is 0 Å². The summed E-state index contributed by atoms with van der Waals surface area (Å²) in [5.74, 6) is 0. The maximum atomic E-state index is 11.8. The van der Waals surface area contributed by atoms with Crippen molar-refractivity contribution >= 4 is 6.21 Å². The number of alkyl halides is 3. The molecule has 0 heterocycles. The summed E-state index contributed by atoms with van der Waals surface area (Å²) < 4.78 is 35.5. The maximum absolute atomic E-state index is 11.8. The molecule has 0 spiro atoms. The Balaban J connectivity index is 4.02. The molecule has 0 saturated carbocycles. The van der Waals surface area contributed by atoms with E-state index in [0.717, 1.165) is 6.21 Å². The van der Waals surface area contributed by atoms with Crippen LogP contribution in [-0.4, -0.2) is 30.1 Å². The molecule has 88 valence electrons. The summed E-state index contributed by atoms with van der Waals surface area (Å²) in [4.78, 5) is 0. The highest BCUT2D eigenvalue weighted by molar-refractivity contribution is 5.75. The Morgan fingerprint density at radius 2 is 2.00 bits per heavy atom. The Morgan fingerprint density at radius 1 is 1.47 bits per heavy atom. The van der Waals surface area contributed by atoms with Crippen LogP contribution in [0.2, 0.25) is 0 Å². The molecule has 6 heteroatoms. The highest BCUT2D eigenvalue weighted by Gasteiger charge is 2.30. The molecule has 0 aromatic rings. The maximum Gasteiger partial charge on any atom is 0.391 e. The molecule has 0 radical (unpaired) electrons. The van der Waals surface area contributed by atoms with Gasteiger partial charge in [-0.25, -0.2) is 0 Å². The molecular weight excluding hydrogens is 209 g/mol. The lowest BCUT2D eigenvalue weighted by molar-refractivity contribution is -0.152. The van der Waals surface area contributed by atoms with Crippen molar-refractivity contribution in [2.24, 2.45) is 0 Å². The number of aliphatic hydroxyl groups excluding tert-OH is 1. The first-order valence-corrected chi connectivity index (χ1v) is 4.43. The molecule has 0 aromatic heterocycles. The van der Waals surface area contributed by atoms with Gasteiger partial charge in [0.2, 0.25) is 0 Å². The van der Waals surface area contributed by atoms with Gasteiger partial charge in [0.1, 0.15) is 0 Å². The molecule has 0 saturated heterocycles. The summed E-state index contributed by atoms with van der Waals surface area (Å²) in [6.45, 7) is 3.13. The average molecular weight is 224 g/mol. The summed E-state index contributed by atoms with van der Waals surface area (Å²) in [6, 6.07) is 0. The second kappa shape index (κ2) is 5.75. The van der Waals surface area contributed by atoms with Gasteiger partial charge in [-0.05, 0) is 19.4 Å². The molecular formula is C9H15F3N2O. The van der Waals surface area contributed by atoms with E-state index >= 15 is 0 Å². The van der Waals surface area contributed by atoms with Gasteiger partial charge in [0.15, 0.2) is 0 Å². The third-order valence-electron chi connectivity index (χ3n) is 1.88. The molecule has 0 aliphatic heterocycles. The minimum atomic E-state index is -4.35. The Labute approximate surface area is 86.5 Å². The van der Waals surface area contributed by atoms with E-state index in [1.54, 1.807) is 13.8 Å². The van der Waals surface area contributed by atoms with Gasteiger partial charge in [-0.1, -0.05) is 0 Å². The van der Waals surface area contributed by atoms with Crippen LogP contribution in [0.5, 0.6) is 0 Å². The van der Waals surface area contributed by atoms with Crippen LogP contribution in [0, 0.1) is 5.41 Å². The van der Waals surface area contributed by atoms with Gasteiger partial charge in [0, 0.05) is 18.5 Å². The molecule has 0 bridgehead atoms. The smallest absolute Gasteiger partial charge is 0.391 e. The standard InChI is InChI=1S/C9H15F3N2O/c1-6(4-13)7(2)14-5-8(15)3-9(10,11)12/h4,8,13-15H,3,5H2,1-2H3/b7-6-,13-4?. The van der Waals surface area contributed by atoms with E-state index in [0.29, 0.717) is 11.3 Å². The first-order chi connectivity index (χ1) is 6.76. The second-order valence-electron chi connectivity index (χ2n) is 3.31. The van der Waals surface area contributed by atoms with Crippen LogP contribution in [0.15, 0.2) is 11.3 Å². The Kier molecular flexibility index (Phi) is 5.35. The monoisotopic (exact) mass is 224 g/mol. The second-order valence-corrected chi connectivity index (χ2v) is 3.31. The predicted molar refractivity (Wildman–Crippen MR) is 51.8 cm³/mol. The van der Waals surface area contributed by atoms with Crippen molar-refractivity contribution in [1.82, 2.24) is 5.32 Å². The molecule has 3 nitrogen and oxygen atoms in total. The molecule has 3 N–H and O–H groups in total. The average Bonchev–Trinajstić information content (AvgIpc) is 2.10. The lowest BCUT2D eigenvalue weighted by Crippen LogP contribution is -2.30. The quantitative estimate of drug-likeness (QED) is 0.624.